The van der Waals surface area contributed by atoms with Crippen molar-refractivity contribution in [2.45, 2.75) is 43.0 Å². The van der Waals surface area contributed by atoms with Crippen LogP contribution in [0.1, 0.15) is 41.6 Å². The monoisotopic (exact) mass is 440 g/mol. The summed E-state index contributed by atoms with van der Waals surface area (Å²) < 4.78 is 32.9. The summed E-state index contributed by atoms with van der Waals surface area (Å²) in [5.74, 6) is -0.500. The second-order valence-corrected chi connectivity index (χ2v) is 9.45. The van der Waals surface area contributed by atoms with E-state index < -0.39 is 21.6 Å². The molecule has 1 aliphatic carbocycles. The average Bonchev–Trinajstić information content (AvgIpc) is 3.26. The second-order valence-electron chi connectivity index (χ2n) is 7.74. The molecule has 1 amide bonds. The summed E-state index contributed by atoms with van der Waals surface area (Å²) in [4.78, 5) is 24.7. The van der Waals surface area contributed by atoms with Crippen LogP contribution < -0.4 is 15.7 Å². The molecular formula is C23H24N2O5S. The van der Waals surface area contributed by atoms with Gasteiger partial charge in [-0.15, -0.1) is 0 Å². The molecule has 31 heavy (non-hydrogen) atoms. The number of carbonyl (C=O) groups is 1. The normalized spacial score (nSPS) is 14.7. The van der Waals surface area contributed by atoms with E-state index in [4.69, 9.17) is 4.42 Å². The number of fused-ring (bicyclic) bond motifs is 1. The zero-order valence-electron chi connectivity index (χ0n) is 17.0. The third-order valence-electron chi connectivity index (χ3n) is 5.50. The highest BCUT2D eigenvalue weighted by atomic mass is 32.2. The number of benzene rings is 2. The quantitative estimate of drug-likeness (QED) is 0.550. The molecule has 4 rings (SSSR count). The van der Waals surface area contributed by atoms with Gasteiger partial charge in [0.25, 0.3) is 5.91 Å². The maximum absolute atomic E-state index is 12.5. The summed E-state index contributed by atoms with van der Waals surface area (Å²) >= 11 is 0. The fraction of sp³-hybridized carbons (Fsp3) is 0.304. The highest BCUT2D eigenvalue weighted by Gasteiger charge is 2.22. The van der Waals surface area contributed by atoms with Crippen LogP contribution in [0.3, 0.4) is 0 Å². The van der Waals surface area contributed by atoms with Crippen LogP contribution in [0.5, 0.6) is 0 Å². The lowest BCUT2D eigenvalue weighted by molar-refractivity contribution is 0.0950. The maximum atomic E-state index is 12.5. The Morgan fingerprint density at radius 3 is 2.48 bits per heavy atom. The van der Waals surface area contributed by atoms with Gasteiger partial charge in [0.1, 0.15) is 11.1 Å². The molecule has 0 saturated heterocycles. The van der Waals surface area contributed by atoms with Gasteiger partial charge in [-0.05, 0) is 49.1 Å². The molecule has 1 saturated carbocycles. The van der Waals surface area contributed by atoms with Crippen LogP contribution in [-0.2, 0) is 16.4 Å². The SMILES string of the molecule is O=C(NCCc1ccc(S(=O)(=O)NC2CCCC2)cc1)c1cc2ccccc2oc1=O. The van der Waals surface area contributed by atoms with Crippen LogP contribution >= 0.6 is 0 Å². The average molecular weight is 441 g/mol. The molecule has 8 heteroatoms. The smallest absolute Gasteiger partial charge is 0.349 e. The minimum atomic E-state index is -3.52. The molecule has 0 radical (unpaired) electrons. The van der Waals surface area contributed by atoms with Crippen LogP contribution in [0.2, 0.25) is 0 Å². The van der Waals surface area contributed by atoms with Crippen LogP contribution in [0.15, 0.2) is 68.7 Å². The van der Waals surface area contributed by atoms with Crippen molar-refractivity contribution in [2.24, 2.45) is 0 Å². The first-order chi connectivity index (χ1) is 14.9. The Morgan fingerprint density at radius 1 is 1.03 bits per heavy atom. The Bertz CT molecular complexity index is 1240. The Morgan fingerprint density at radius 2 is 1.74 bits per heavy atom. The minimum Gasteiger partial charge on any atom is -0.422 e. The molecule has 0 atom stereocenters. The van der Waals surface area contributed by atoms with Crippen molar-refractivity contribution in [3.63, 3.8) is 0 Å². The van der Waals surface area contributed by atoms with E-state index in [-0.39, 0.29) is 16.5 Å². The fourth-order valence-electron chi connectivity index (χ4n) is 3.80. The summed E-state index contributed by atoms with van der Waals surface area (Å²) in [6, 6.07) is 15.2. The van der Waals surface area contributed by atoms with Crippen molar-refractivity contribution in [1.82, 2.24) is 10.0 Å². The van der Waals surface area contributed by atoms with Gasteiger partial charge in [-0.2, -0.15) is 0 Å². The number of hydrogen-bond acceptors (Lipinski definition) is 5. The van der Waals surface area contributed by atoms with Gasteiger partial charge >= 0.3 is 5.63 Å². The van der Waals surface area contributed by atoms with Crippen molar-refractivity contribution < 1.29 is 17.6 Å². The van der Waals surface area contributed by atoms with Gasteiger partial charge in [0, 0.05) is 18.0 Å². The maximum Gasteiger partial charge on any atom is 0.349 e. The number of rotatable bonds is 7. The molecule has 2 aromatic carbocycles. The summed E-state index contributed by atoms with van der Waals surface area (Å²) in [5, 5.41) is 3.39. The molecule has 0 aliphatic heterocycles. The number of sulfonamides is 1. The fourth-order valence-corrected chi connectivity index (χ4v) is 5.11. The van der Waals surface area contributed by atoms with Crippen molar-refractivity contribution in [2.75, 3.05) is 6.54 Å². The summed E-state index contributed by atoms with van der Waals surface area (Å²) in [6.45, 7) is 0.303. The predicted molar refractivity (Wildman–Crippen MR) is 118 cm³/mol. The van der Waals surface area contributed by atoms with Crippen molar-refractivity contribution in [3.8, 4) is 0 Å². The first-order valence-electron chi connectivity index (χ1n) is 10.3. The van der Waals surface area contributed by atoms with E-state index in [1.54, 1.807) is 48.5 Å². The van der Waals surface area contributed by atoms with E-state index in [0.29, 0.717) is 23.9 Å². The number of amides is 1. The van der Waals surface area contributed by atoms with E-state index in [0.717, 1.165) is 31.2 Å². The Hall–Kier alpha value is -2.97. The molecular weight excluding hydrogens is 416 g/mol. The second kappa shape index (κ2) is 9.03. The Labute approximate surface area is 180 Å². The number of para-hydroxylation sites is 1. The first kappa shape index (κ1) is 21.3. The molecule has 0 spiro atoms. The van der Waals surface area contributed by atoms with Gasteiger partial charge in [0.2, 0.25) is 10.0 Å². The van der Waals surface area contributed by atoms with E-state index in [9.17, 15) is 18.0 Å². The van der Waals surface area contributed by atoms with E-state index in [1.165, 1.54) is 6.07 Å². The first-order valence-corrected chi connectivity index (χ1v) is 11.8. The number of hydrogen-bond donors (Lipinski definition) is 2. The summed E-state index contributed by atoms with van der Waals surface area (Å²) in [6.07, 6.45) is 4.37. The highest BCUT2D eigenvalue weighted by molar-refractivity contribution is 7.89. The number of nitrogens with one attached hydrogen (secondary N) is 2. The van der Waals surface area contributed by atoms with Gasteiger partial charge in [0.15, 0.2) is 0 Å². The van der Waals surface area contributed by atoms with Gasteiger partial charge < -0.3 is 9.73 Å². The highest BCUT2D eigenvalue weighted by Crippen LogP contribution is 2.20. The van der Waals surface area contributed by atoms with Crippen molar-refractivity contribution >= 4 is 26.9 Å². The summed E-state index contributed by atoms with van der Waals surface area (Å²) in [7, 11) is -3.52. The zero-order valence-corrected chi connectivity index (χ0v) is 17.8. The predicted octanol–water partition coefficient (Wildman–Crippen LogP) is 2.99. The Kier molecular flexibility index (Phi) is 6.20. The molecule has 1 aromatic heterocycles. The molecule has 0 unspecified atom stereocenters. The van der Waals surface area contributed by atoms with Gasteiger partial charge in [-0.1, -0.05) is 43.2 Å². The lowest BCUT2D eigenvalue weighted by atomic mass is 10.1. The molecule has 0 bridgehead atoms. The molecule has 1 fully saturated rings. The third kappa shape index (κ3) is 5.03. The number of carbonyl (C=O) groups excluding carboxylic acids is 1. The van der Waals surface area contributed by atoms with E-state index >= 15 is 0 Å². The minimum absolute atomic E-state index is 0.0210. The molecule has 7 nitrogen and oxygen atoms in total. The lowest BCUT2D eigenvalue weighted by Gasteiger charge is -2.13. The van der Waals surface area contributed by atoms with Gasteiger partial charge in [0.05, 0.1) is 4.90 Å². The van der Waals surface area contributed by atoms with Crippen LogP contribution in [0.25, 0.3) is 11.0 Å². The molecule has 3 aromatic rings. The lowest BCUT2D eigenvalue weighted by Crippen LogP contribution is -2.32. The van der Waals surface area contributed by atoms with Crippen LogP contribution in [-0.4, -0.2) is 26.9 Å². The van der Waals surface area contributed by atoms with Gasteiger partial charge in [-0.25, -0.2) is 17.9 Å². The third-order valence-corrected chi connectivity index (χ3v) is 7.03. The van der Waals surface area contributed by atoms with Crippen LogP contribution in [0, 0.1) is 0 Å². The molecule has 1 aliphatic rings. The topological polar surface area (TPSA) is 105 Å². The van der Waals surface area contributed by atoms with Crippen molar-refractivity contribution in [3.05, 3.63) is 76.1 Å². The molecule has 2 N–H and O–H groups in total. The summed E-state index contributed by atoms with van der Waals surface area (Å²) in [5.41, 5.74) is 0.589. The van der Waals surface area contributed by atoms with E-state index in [1.807, 2.05) is 0 Å². The standard InChI is InChI=1S/C23H24N2O5S/c26-22(20-15-17-5-1-4-8-21(17)30-23(20)27)24-14-13-16-9-11-19(12-10-16)31(28,29)25-18-6-2-3-7-18/h1,4-5,8-12,15,18,25H,2-3,6-7,13-14H2,(H,24,26). The van der Waals surface area contributed by atoms with Crippen LogP contribution in [0.4, 0.5) is 0 Å². The molecule has 162 valence electrons. The van der Waals surface area contributed by atoms with E-state index in [2.05, 4.69) is 10.0 Å². The van der Waals surface area contributed by atoms with Crippen molar-refractivity contribution in [1.29, 1.82) is 0 Å². The Balaban J connectivity index is 1.35. The largest absolute Gasteiger partial charge is 0.422 e. The van der Waals surface area contributed by atoms with Gasteiger partial charge in [-0.3, -0.25) is 4.79 Å². The molecule has 1 heterocycles. The zero-order chi connectivity index (χ0) is 21.8.